The van der Waals surface area contributed by atoms with Crippen molar-refractivity contribution in [1.82, 2.24) is 8.87 Å². The minimum Gasteiger partial charge on any atom is -0.348 e. The Labute approximate surface area is 162 Å². The molecule has 0 unspecified atom stereocenters. The number of rotatable bonds is 3. The number of halogens is 2. The molecule has 0 spiro atoms. The smallest absolute Gasteiger partial charge is 0.244 e. The van der Waals surface area contributed by atoms with Crippen LogP contribution in [0.2, 0.25) is 10.0 Å². The molecule has 2 heterocycles. The van der Waals surface area contributed by atoms with E-state index >= 15 is 0 Å². The molecule has 2 aromatic carbocycles. The Hall–Kier alpha value is -1.79. The predicted molar refractivity (Wildman–Crippen MR) is 103 cm³/mol. The van der Waals surface area contributed by atoms with E-state index < -0.39 is 16.1 Å². The summed E-state index contributed by atoms with van der Waals surface area (Å²) in [5.74, 6) is 0. The van der Waals surface area contributed by atoms with Gasteiger partial charge in [0.05, 0.1) is 10.9 Å². The lowest BCUT2D eigenvalue weighted by Gasteiger charge is -2.36. The maximum absolute atomic E-state index is 13.4. The van der Waals surface area contributed by atoms with Gasteiger partial charge in [0.25, 0.3) is 0 Å². The monoisotopic (exact) mass is 406 g/mol. The second kappa shape index (κ2) is 6.74. The van der Waals surface area contributed by atoms with Gasteiger partial charge in [0.1, 0.15) is 0 Å². The van der Waals surface area contributed by atoms with Crippen LogP contribution in [0.4, 0.5) is 0 Å². The second-order valence-corrected chi connectivity index (χ2v) is 8.92. The van der Waals surface area contributed by atoms with Crippen molar-refractivity contribution in [3.05, 3.63) is 88.2 Å². The molecule has 1 aliphatic rings. The van der Waals surface area contributed by atoms with Crippen molar-refractivity contribution >= 4 is 33.2 Å². The maximum atomic E-state index is 13.4. The van der Waals surface area contributed by atoms with Crippen LogP contribution in [0.15, 0.2) is 71.8 Å². The molecule has 1 aliphatic heterocycles. The number of nitrogens with zero attached hydrogens (tertiary/aromatic N) is 2. The third kappa shape index (κ3) is 3.05. The van der Waals surface area contributed by atoms with Gasteiger partial charge in [0, 0.05) is 35.0 Å². The van der Waals surface area contributed by atoms with Crippen LogP contribution in [0.25, 0.3) is 0 Å². The van der Waals surface area contributed by atoms with E-state index in [9.17, 15) is 8.42 Å². The van der Waals surface area contributed by atoms with Crippen molar-refractivity contribution in [1.29, 1.82) is 0 Å². The summed E-state index contributed by atoms with van der Waals surface area (Å²) >= 11 is 12.0. The highest BCUT2D eigenvalue weighted by molar-refractivity contribution is 7.89. The van der Waals surface area contributed by atoms with E-state index in [0.717, 1.165) is 11.3 Å². The Morgan fingerprint density at radius 3 is 2.38 bits per heavy atom. The zero-order valence-electron chi connectivity index (χ0n) is 13.7. The van der Waals surface area contributed by atoms with Gasteiger partial charge < -0.3 is 4.57 Å². The topological polar surface area (TPSA) is 42.3 Å². The van der Waals surface area contributed by atoms with Crippen LogP contribution in [0, 0.1) is 0 Å². The first-order valence-corrected chi connectivity index (χ1v) is 10.3. The normalized spacial score (nSPS) is 17.8. The summed E-state index contributed by atoms with van der Waals surface area (Å²) in [6, 6.07) is 17.2. The first-order valence-electron chi connectivity index (χ1n) is 8.15. The van der Waals surface area contributed by atoms with Crippen LogP contribution < -0.4 is 0 Å². The van der Waals surface area contributed by atoms with E-state index in [-0.39, 0.29) is 4.90 Å². The molecule has 7 heteroatoms. The Morgan fingerprint density at radius 2 is 1.65 bits per heavy atom. The first kappa shape index (κ1) is 17.6. The lowest BCUT2D eigenvalue weighted by atomic mass is 10.0. The Balaban J connectivity index is 1.85. The number of hydrogen-bond donors (Lipinski definition) is 0. The fourth-order valence-corrected chi connectivity index (χ4v) is 5.37. The molecule has 134 valence electrons. The van der Waals surface area contributed by atoms with Gasteiger partial charge in [-0.05, 0) is 48.0 Å². The largest absolute Gasteiger partial charge is 0.348 e. The minimum absolute atomic E-state index is 0.198. The third-order valence-corrected chi connectivity index (χ3v) is 6.93. The lowest BCUT2D eigenvalue weighted by Crippen LogP contribution is -2.42. The van der Waals surface area contributed by atoms with Gasteiger partial charge >= 0.3 is 0 Å². The van der Waals surface area contributed by atoms with Crippen LogP contribution in [0.1, 0.15) is 17.3 Å². The van der Waals surface area contributed by atoms with Crippen LogP contribution >= 0.6 is 23.2 Å². The van der Waals surface area contributed by atoms with Crippen LogP contribution in [0.5, 0.6) is 0 Å². The molecule has 0 radical (unpaired) electrons. The zero-order chi connectivity index (χ0) is 18.3. The molecule has 0 aliphatic carbocycles. The fourth-order valence-electron chi connectivity index (χ4n) is 3.37. The van der Waals surface area contributed by atoms with Crippen LogP contribution in [-0.4, -0.2) is 23.8 Å². The fraction of sp³-hybridized carbons (Fsp3) is 0.158. The van der Waals surface area contributed by atoms with Crippen molar-refractivity contribution in [3.63, 3.8) is 0 Å². The number of fused-ring (bicyclic) bond motifs is 1. The molecule has 4 nitrogen and oxygen atoms in total. The molecule has 4 rings (SSSR count). The molecule has 0 fully saturated rings. The molecule has 0 saturated carbocycles. The highest BCUT2D eigenvalue weighted by atomic mass is 35.5. The van der Waals surface area contributed by atoms with E-state index in [1.165, 1.54) is 10.4 Å². The molecule has 0 bridgehead atoms. The van der Waals surface area contributed by atoms with Crippen LogP contribution in [0.3, 0.4) is 0 Å². The number of hydrogen-bond acceptors (Lipinski definition) is 2. The van der Waals surface area contributed by atoms with Gasteiger partial charge in [-0.15, -0.1) is 0 Å². The Morgan fingerprint density at radius 1 is 0.885 bits per heavy atom. The summed E-state index contributed by atoms with van der Waals surface area (Å²) in [6.45, 7) is 0.982. The van der Waals surface area contributed by atoms with Crippen molar-refractivity contribution in [2.75, 3.05) is 6.54 Å². The van der Waals surface area contributed by atoms with E-state index in [1.807, 2.05) is 30.5 Å². The molecular weight excluding hydrogens is 391 g/mol. The van der Waals surface area contributed by atoms with Gasteiger partial charge in [-0.25, -0.2) is 8.42 Å². The van der Waals surface area contributed by atoms with Gasteiger partial charge in [0.15, 0.2) is 0 Å². The van der Waals surface area contributed by atoms with Crippen molar-refractivity contribution < 1.29 is 8.42 Å². The van der Waals surface area contributed by atoms with Crippen molar-refractivity contribution in [2.45, 2.75) is 17.5 Å². The summed E-state index contributed by atoms with van der Waals surface area (Å²) in [5.41, 5.74) is 1.81. The number of benzene rings is 2. The molecule has 26 heavy (non-hydrogen) atoms. The summed E-state index contributed by atoms with van der Waals surface area (Å²) in [7, 11) is -3.71. The van der Waals surface area contributed by atoms with Gasteiger partial charge in [-0.2, -0.15) is 4.31 Å². The molecule has 0 saturated heterocycles. The maximum Gasteiger partial charge on any atom is 0.244 e. The number of sulfonamides is 1. The molecule has 3 aromatic rings. The van der Waals surface area contributed by atoms with Crippen molar-refractivity contribution in [2.24, 2.45) is 0 Å². The van der Waals surface area contributed by atoms with Gasteiger partial charge in [-0.3, -0.25) is 0 Å². The van der Waals surface area contributed by atoms with E-state index in [4.69, 9.17) is 23.2 Å². The SMILES string of the molecule is O=S(=O)(c1cccc(Cl)c1)N1CCn2cccc2[C@@H]1c1ccc(Cl)cc1. The van der Waals surface area contributed by atoms with Crippen LogP contribution in [-0.2, 0) is 16.6 Å². The standard InChI is InChI=1S/C19H16Cl2N2O2S/c20-15-8-6-14(7-9-15)19-18-5-2-10-22(18)11-12-23(19)26(24,25)17-4-1-3-16(21)13-17/h1-10,13,19H,11-12H2/t19-/m0/s1. The Kier molecular flexibility index (Phi) is 4.57. The highest BCUT2D eigenvalue weighted by Crippen LogP contribution is 2.37. The summed E-state index contributed by atoms with van der Waals surface area (Å²) in [4.78, 5) is 0.198. The summed E-state index contributed by atoms with van der Waals surface area (Å²) in [5, 5.41) is 1.01. The zero-order valence-corrected chi connectivity index (χ0v) is 16.0. The average molecular weight is 407 g/mol. The molecule has 1 aromatic heterocycles. The lowest BCUT2D eigenvalue weighted by molar-refractivity contribution is 0.298. The summed E-state index contributed by atoms with van der Waals surface area (Å²) in [6.07, 6.45) is 1.97. The molecule has 0 amide bonds. The van der Waals surface area contributed by atoms with Gasteiger partial charge in [0.2, 0.25) is 10.0 Å². The first-order chi connectivity index (χ1) is 12.5. The van der Waals surface area contributed by atoms with Crippen molar-refractivity contribution in [3.8, 4) is 0 Å². The molecule has 1 atom stereocenters. The quantitative estimate of drug-likeness (QED) is 0.638. The van der Waals surface area contributed by atoms with E-state index in [0.29, 0.717) is 23.1 Å². The van der Waals surface area contributed by atoms with E-state index in [2.05, 4.69) is 4.57 Å². The predicted octanol–water partition coefficient (Wildman–Crippen LogP) is 4.59. The number of aromatic nitrogens is 1. The van der Waals surface area contributed by atoms with E-state index in [1.54, 1.807) is 30.3 Å². The summed E-state index contributed by atoms with van der Waals surface area (Å²) < 4.78 is 30.3. The van der Waals surface area contributed by atoms with Gasteiger partial charge in [-0.1, -0.05) is 41.4 Å². The molecular formula is C19H16Cl2N2O2S. The minimum atomic E-state index is -3.71. The average Bonchev–Trinajstić information content (AvgIpc) is 3.10. The molecule has 0 N–H and O–H groups in total. The Bertz CT molecular complexity index is 1050. The highest BCUT2D eigenvalue weighted by Gasteiger charge is 2.37. The third-order valence-electron chi connectivity index (χ3n) is 4.58. The second-order valence-electron chi connectivity index (χ2n) is 6.15.